The van der Waals surface area contributed by atoms with Crippen LogP contribution in [0.25, 0.3) is 10.4 Å². The molecule has 2 atom stereocenters. The van der Waals surface area contributed by atoms with E-state index in [1.54, 1.807) is 0 Å². The molecule has 2 unspecified atom stereocenters. The van der Waals surface area contributed by atoms with Crippen LogP contribution in [0.4, 0.5) is 13.2 Å². The van der Waals surface area contributed by atoms with Crippen molar-refractivity contribution >= 4 is 11.6 Å². The Balaban J connectivity index is 3.17. The molecule has 0 aromatic heterocycles. The topological polar surface area (TPSA) is 89.2 Å². The van der Waals surface area contributed by atoms with E-state index in [9.17, 15) is 23.4 Å². The lowest BCUT2D eigenvalue weighted by Gasteiger charge is -2.21. The van der Waals surface area contributed by atoms with Crippen molar-refractivity contribution in [1.29, 1.82) is 0 Å². The lowest BCUT2D eigenvalue weighted by molar-refractivity contribution is -0.139. The molecule has 0 radical (unpaired) electrons. The van der Waals surface area contributed by atoms with Crippen LogP contribution in [0.15, 0.2) is 23.3 Å². The molecule has 19 heavy (non-hydrogen) atoms. The molecular formula is C10H9ClF3N3O2. The summed E-state index contributed by atoms with van der Waals surface area (Å²) in [4.78, 5) is 2.35. The van der Waals surface area contributed by atoms with Crippen molar-refractivity contribution in [1.82, 2.24) is 0 Å². The predicted octanol–water partition coefficient (Wildman–Crippen LogP) is 3.06. The smallest absolute Gasteiger partial charge is 0.390 e. The van der Waals surface area contributed by atoms with Crippen LogP contribution in [0.3, 0.4) is 0 Å². The quantitative estimate of drug-likeness (QED) is 0.508. The van der Waals surface area contributed by atoms with Crippen molar-refractivity contribution in [2.24, 2.45) is 5.11 Å². The molecule has 9 heteroatoms. The van der Waals surface area contributed by atoms with Gasteiger partial charge in [-0.2, -0.15) is 13.2 Å². The summed E-state index contributed by atoms with van der Waals surface area (Å²) in [6.45, 7) is -0.554. The number of azide groups is 1. The second kappa shape index (κ2) is 6.12. The summed E-state index contributed by atoms with van der Waals surface area (Å²) < 4.78 is 38.2. The summed E-state index contributed by atoms with van der Waals surface area (Å²) >= 11 is 5.58. The number of hydrogen-bond acceptors (Lipinski definition) is 3. The fraction of sp³-hybridized carbons (Fsp3) is 0.400. The minimum Gasteiger partial charge on any atom is -0.390 e. The van der Waals surface area contributed by atoms with E-state index in [-0.39, 0.29) is 5.02 Å². The van der Waals surface area contributed by atoms with Gasteiger partial charge in [0.2, 0.25) is 0 Å². The van der Waals surface area contributed by atoms with Gasteiger partial charge >= 0.3 is 6.18 Å². The molecule has 0 amide bonds. The van der Waals surface area contributed by atoms with E-state index >= 15 is 0 Å². The monoisotopic (exact) mass is 295 g/mol. The van der Waals surface area contributed by atoms with E-state index in [2.05, 4.69) is 10.0 Å². The van der Waals surface area contributed by atoms with Crippen molar-refractivity contribution in [3.8, 4) is 0 Å². The van der Waals surface area contributed by atoms with Gasteiger partial charge in [-0.05, 0) is 29.3 Å². The molecule has 104 valence electrons. The van der Waals surface area contributed by atoms with Gasteiger partial charge in [0.1, 0.15) is 6.10 Å². The summed E-state index contributed by atoms with van der Waals surface area (Å²) in [7, 11) is 0. The largest absolute Gasteiger partial charge is 0.416 e. The molecule has 0 saturated carbocycles. The summed E-state index contributed by atoms with van der Waals surface area (Å²) in [6, 6.07) is 2.65. The Hall–Kier alpha value is -1.47. The highest BCUT2D eigenvalue weighted by atomic mass is 35.5. The third kappa shape index (κ3) is 4.00. The number of hydrogen-bond donors (Lipinski definition) is 2. The SMILES string of the molecule is [N-]=[N+]=NCC(O)C(O)c1cc(Cl)ccc1C(F)(F)F. The Morgan fingerprint density at radius 3 is 2.53 bits per heavy atom. The van der Waals surface area contributed by atoms with Crippen LogP contribution in [0.5, 0.6) is 0 Å². The Labute approximate surface area is 110 Å². The number of alkyl halides is 3. The van der Waals surface area contributed by atoms with E-state index in [0.717, 1.165) is 12.1 Å². The first-order chi connectivity index (χ1) is 8.77. The molecule has 0 aliphatic heterocycles. The van der Waals surface area contributed by atoms with Crippen LogP contribution in [0, 0.1) is 0 Å². The van der Waals surface area contributed by atoms with E-state index in [1.807, 2.05) is 0 Å². The fourth-order valence-corrected chi connectivity index (χ4v) is 1.64. The van der Waals surface area contributed by atoms with Crippen LogP contribution < -0.4 is 0 Å². The van der Waals surface area contributed by atoms with Gasteiger partial charge in [-0.3, -0.25) is 0 Å². The first-order valence-corrected chi connectivity index (χ1v) is 5.38. The summed E-state index contributed by atoms with van der Waals surface area (Å²) in [5.74, 6) is 0. The van der Waals surface area contributed by atoms with Gasteiger partial charge in [-0.15, -0.1) is 0 Å². The maximum Gasteiger partial charge on any atom is 0.416 e. The molecule has 0 aliphatic rings. The molecular weight excluding hydrogens is 287 g/mol. The Morgan fingerprint density at radius 2 is 2.00 bits per heavy atom. The third-order valence-electron chi connectivity index (χ3n) is 2.33. The van der Waals surface area contributed by atoms with Crippen molar-refractivity contribution in [3.63, 3.8) is 0 Å². The number of rotatable bonds is 4. The standard InChI is InChI=1S/C10H9ClF3N3O2/c11-5-1-2-7(10(12,13)14)6(3-5)9(19)8(18)4-16-17-15/h1-3,8-9,18-19H,4H2. The predicted molar refractivity (Wildman–Crippen MR) is 61.4 cm³/mol. The van der Waals surface area contributed by atoms with Gasteiger partial charge in [-0.25, -0.2) is 0 Å². The second-order valence-corrected chi connectivity index (χ2v) is 4.09. The highest BCUT2D eigenvalue weighted by Crippen LogP contribution is 2.36. The Morgan fingerprint density at radius 1 is 1.37 bits per heavy atom. The maximum absolute atomic E-state index is 12.7. The van der Waals surface area contributed by atoms with Crippen molar-refractivity contribution in [3.05, 3.63) is 44.8 Å². The molecule has 0 saturated heterocycles. The molecule has 1 aromatic carbocycles. The lowest BCUT2D eigenvalue weighted by Crippen LogP contribution is -2.24. The van der Waals surface area contributed by atoms with Gasteiger partial charge in [0.05, 0.1) is 18.2 Å². The van der Waals surface area contributed by atoms with E-state index in [1.165, 1.54) is 0 Å². The first-order valence-electron chi connectivity index (χ1n) is 5.01. The van der Waals surface area contributed by atoms with Crippen LogP contribution >= 0.6 is 11.6 Å². The fourth-order valence-electron chi connectivity index (χ4n) is 1.46. The number of aliphatic hydroxyl groups is 2. The van der Waals surface area contributed by atoms with E-state index < -0.39 is 36.1 Å². The van der Waals surface area contributed by atoms with Gasteiger partial charge < -0.3 is 10.2 Å². The van der Waals surface area contributed by atoms with Gasteiger partial charge in [0.25, 0.3) is 0 Å². The van der Waals surface area contributed by atoms with Crippen LogP contribution in [-0.4, -0.2) is 22.9 Å². The highest BCUT2D eigenvalue weighted by molar-refractivity contribution is 6.30. The molecule has 0 spiro atoms. The zero-order chi connectivity index (χ0) is 14.6. The second-order valence-electron chi connectivity index (χ2n) is 3.65. The number of benzene rings is 1. The molecule has 5 nitrogen and oxygen atoms in total. The number of nitrogens with zero attached hydrogens (tertiary/aromatic N) is 3. The Kier molecular flexibility index (Phi) is 5.02. The third-order valence-corrected chi connectivity index (χ3v) is 2.57. The first kappa shape index (κ1) is 15.6. The van der Waals surface area contributed by atoms with E-state index in [0.29, 0.717) is 6.07 Å². The van der Waals surface area contributed by atoms with Crippen LogP contribution in [0.2, 0.25) is 5.02 Å². The number of halogens is 4. The normalized spacial score (nSPS) is 14.6. The minimum atomic E-state index is -4.70. The Bertz CT molecular complexity index is 503. The van der Waals surface area contributed by atoms with Crippen LogP contribution in [0.1, 0.15) is 17.2 Å². The van der Waals surface area contributed by atoms with Gasteiger partial charge in [0, 0.05) is 9.93 Å². The summed E-state index contributed by atoms with van der Waals surface area (Å²) in [5, 5.41) is 22.1. The molecule has 1 rings (SSSR count). The van der Waals surface area contributed by atoms with Gasteiger partial charge in [-0.1, -0.05) is 16.7 Å². The highest BCUT2D eigenvalue weighted by Gasteiger charge is 2.36. The average molecular weight is 296 g/mol. The average Bonchev–Trinajstić information content (AvgIpc) is 2.33. The molecule has 0 aliphatic carbocycles. The van der Waals surface area contributed by atoms with E-state index in [4.69, 9.17) is 17.1 Å². The van der Waals surface area contributed by atoms with Crippen LogP contribution in [-0.2, 0) is 6.18 Å². The van der Waals surface area contributed by atoms with Crippen molar-refractivity contribution in [2.45, 2.75) is 18.4 Å². The molecule has 0 bridgehead atoms. The minimum absolute atomic E-state index is 0.0157. The zero-order valence-corrected chi connectivity index (χ0v) is 10.1. The molecule has 0 heterocycles. The van der Waals surface area contributed by atoms with Crippen molar-refractivity contribution in [2.75, 3.05) is 6.54 Å². The zero-order valence-electron chi connectivity index (χ0n) is 9.34. The molecule has 2 N–H and O–H groups in total. The van der Waals surface area contributed by atoms with Gasteiger partial charge in [0.15, 0.2) is 0 Å². The maximum atomic E-state index is 12.7. The molecule has 1 aromatic rings. The van der Waals surface area contributed by atoms with Crippen molar-refractivity contribution < 1.29 is 23.4 Å². The summed E-state index contributed by atoms with van der Waals surface area (Å²) in [6.07, 6.45) is -8.21. The lowest BCUT2D eigenvalue weighted by atomic mass is 9.98. The number of aliphatic hydroxyl groups excluding tert-OH is 2. The summed E-state index contributed by atoms with van der Waals surface area (Å²) in [5.41, 5.74) is 6.38. The molecule has 0 fully saturated rings.